The largest absolute Gasteiger partial charge is 0.230 e. The molecular weight excluding hydrogens is 360 g/mol. The van der Waals surface area contributed by atoms with Gasteiger partial charge in [-0.05, 0) is 45.9 Å². The van der Waals surface area contributed by atoms with Crippen LogP contribution in [0.4, 0.5) is 0 Å². The number of benzene rings is 2. The van der Waals surface area contributed by atoms with Crippen molar-refractivity contribution >= 4 is 39.3 Å². The summed E-state index contributed by atoms with van der Waals surface area (Å²) in [6.45, 7) is 0. The van der Waals surface area contributed by atoms with Crippen molar-refractivity contribution in [3.63, 3.8) is 0 Å². The molecule has 0 aliphatic heterocycles. The summed E-state index contributed by atoms with van der Waals surface area (Å²) in [5, 5.41) is 0. The smallest absolute Gasteiger partial charge is 0.212 e. The van der Waals surface area contributed by atoms with Gasteiger partial charge in [-0.2, -0.15) is 0 Å². The van der Waals surface area contributed by atoms with Crippen molar-refractivity contribution in [2.45, 2.75) is 9.79 Å². The highest BCUT2D eigenvalue weighted by atomic mass is 33.1. The van der Waals surface area contributed by atoms with Crippen LogP contribution in [0.3, 0.4) is 0 Å². The third-order valence-electron chi connectivity index (χ3n) is 2.62. The van der Waals surface area contributed by atoms with Crippen molar-refractivity contribution < 1.29 is 16.8 Å². The summed E-state index contributed by atoms with van der Waals surface area (Å²) in [5.41, 5.74) is 0. The van der Waals surface area contributed by atoms with E-state index in [0.717, 1.165) is 21.6 Å². The SMILES string of the molecule is O=S(=O)(SCCSS(=O)(=O)c1ccccc1)c1ccccc1. The van der Waals surface area contributed by atoms with Crippen LogP contribution in [0, 0.1) is 0 Å². The average molecular weight is 375 g/mol. The van der Waals surface area contributed by atoms with E-state index in [1.807, 2.05) is 0 Å². The molecule has 0 spiro atoms. The van der Waals surface area contributed by atoms with Crippen LogP contribution in [0.15, 0.2) is 70.5 Å². The summed E-state index contributed by atoms with van der Waals surface area (Å²) < 4.78 is 48.1. The minimum atomic E-state index is -3.43. The van der Waals surface area contributed by atoms with Gasteiger partial charge in [0.15, 0.2) is 0 Å². The highest BCUT2D eigenvalue weighted by molar-refractivity contribution is 8.73. The number of hydrogen-bond acceptors (Lipinski definition) is 6. The number of rotatable bonds is 7. The van der Waals surface area contributed by atoms with Gasteiger partial charge in [0.25, 0.3) is 0 Å². The van der Waals surface area contributed by atoms with E-state index in [9.17, 15) is 16.8 Å². The molecule has 0 heterocycles. The van der Waals surface area contributed by atoms with Crippen LogP contribution < -0.4 is 0 Å². The van der Waals surface area contributed by atoms with Crippen molar-refractivity contribution in [2.24, 2.45) is 0 Å². The van der Waals surface area contributed by atoms with Gasteiger partial charge in [-0.3, -0.25) is 0 Å². The molecule has 22 heavy (non-hydrogen) atoms. The fourth-order valence-electron chi connectivity index (χ4n) is 1.60. The van der Waals surface area contributed by atoms with Crippen LogP contribution in [-0.4, -0.2) is 28.3 Å². The van der Waals surface area contributed by atoms with E-state index in [1.54, 1.807) is 36.4 Å². The lowest BCUT2D eigenvalue weighted by Gasteiger charge is -2.05. The Labute approximate surface area is 138 Å². The first-order valence-electron chi connectivity index (χ1n) is 6.31. The van der Waals surface area contributed by atoms with Crippen molar-refractivity contribution in [2.75, 3.05) is 11.5 Å². The Morgan fingerprint density at radius 2 is 0.909 bits per heavy atom. The molecule has 0 radical (unpaired) electrons. The lowest BCUT2D eigenvalue weighted by molar-refractivity contribution is 0.608. The van der Waals surface area contributed by atoms with E-state index in [-0.39, 0.29) is 21.3 Å². The molecule has 2 aromatic rings. The first kappa shape index (κ1) is 17.4. The molecule has 0 saturated heterocycles. The molecule has 0 fully saturated rings. The molecule has 2 aromatic carbocycles. The third-order valence-corrected chi connectivity index (χ3v) is 9.96. The van der Waals surface area contributed by atoms with Crippen molar-refractivity contribution in [1.82, 2.24) is 0 Å². The second kappa shape index (κ2) is 7.54. The normalized spacial score (nSPS) is 12.2. The Hall–Kier alpha value is -0.960. The first-order chi connectivity index (χ1) is 10.4. The lowest BCUT2D eigenvalue weighted by Crippen LogP contribution is -2.01. The van der Waals surface area contributed by atoms with Gasteiger partial charge in [0.1, 0.15) is 0 Å². The fraction of sp³-hybridized carbons (Fsp3) is 0.143. The lowest BCUT2D eigenvalue weighted by atomic mass is 10.4. The molecule has 118 valence electrons. The maximum atomic E-state index is 12.0. The predicted molar refractivity (Wildman–Crippen MR) is 92.2 cm³/mol. The molecule has 8 heteroatoms. The van der Waals surface area contributed by atoms with E-state index in [1.165, 1.54) is 24.3 Å². The molecule has 0 aliphatic rings. The summed E-state index contributed by atoms with van der Waals surface area (Å²) in [6.07, 6.45) is 0. The minimum absolute atomic E-state index is 0.202. The van der Waals surface area contributed by atoms with Crippen molar-refractivity contribution in [3.8, 4) is 0 Å². The van der Waals surface area contributed by atoms with Gasteiger partial charge in [-0.25, -0.2) is 16.8 Å². The standard InChI is InChI=1S/C14H14O4S4/c15-21(16,13-7-3-1-4-8-13)19-11-12-20-22(17,18)14-9-5-2-6-10-14/h1-10H,11-12H2. The zero-order valence-electron chi connectivity index (χ0n) is 11.5. The molecule has 2 rings (SSSR count). The molecule has 0 N–H and O–H groups in total. The molecule has 0 aromatic heterocycles. The predicted octanol–water partition coefficient (Wildman–Crippen LogP) is 3.23. The molecule has 0 atom stereocenters. The van der Waals surface area contributed by atoms with E-state index >= 15 is 0 Å². The minimum Gasteiger partial charge on any atom is -0.212 e. The Kier molecular flexibility index (Phi) is 5.96. The molecule has 0 bridgehead atoms. The summed E-state index contributed by atoms with van der Waals surface area (Å²) in [5.74, 6) is 0.405. The Morgan fingerprint density at radius 1 is 0.591 bits per heavy atom. The second-order valence-corrected chi connectivity index (χ2v) is 12.3. The Balaban J connectivity index is 1.90. The average Bonchev–Trinajstić information content (AvgIpc) is 2.53. The van der Waals surface area contributed by atoms with Crippen molar-refractivity contribution in [3.05, 3.63) is 60.7 Å². The highest BCUT2D eigenvalue weighted by Gasteiger charge is 2.17. The monoisotopic (exact) mass is 374 g/mol. The van der Waals surface area contributed by atoms with Gasteiger partial charge < -0.3 is 0 Å². The van der Waals surface area contributed by atoms with Gasteiger partial charge in [-0.15, -0.1) is 0 Å². The molecule has 0 aliphatic carbocycles. The van der Waals surface area contributed by atoms with Crippen molar-refractivity contribution in [1.29, 1.82) is 0 Å². The zero-order chi connectivity index (χ0) is 16.1. The molecule has 0 amide bonds. The molecular formula is C14H14O4S4. The fourth-order valence-corrected chi connectivity index (χ4v) is 7.86. The Morgan fingerprint density at radius 3 is 1.23 bits per heavy atom. The zero-order valence-corrected chi connectivity index (χ0v) is 14.7. The van der Waals surface area contributed by atoms with Crippen LogP contribution in [0.5, 0.6) is 0 Å². The molecule has 0 unspecified atom stereocenters. The van der Waals surface area contributed by atoms with Gasteiger partial charge in [-0.1, -0.05) is 36.4 Å². The second-order valence-electron chi connectivity index (χ2n) is 4.18. The van der Waals surface area contributed by atoms with Gasteiger partial charge >= 0.3 is 0 Å². The van der Waals surface area contributed by atoms with Gasteiger partial charge in [0.05, 0.1) is 9.79 Å². The summed E-state index contributed by atoms with van der Waals surface area (Å²) in [6, 6.07) is 16.2. The number of hydrogen-bond donors (Lipinski definition) is 0. The molecule has 0 saturated carbocycles. The van der Waals surface area contributed by atoms with Gasteiger partial charge in [0.2, 0.25) is 17.7 Å². The maximum absolute atomic E-state index is 12.0. The summed E-state index contributed by atoms with van der Waals surface area (Å²) >= 11 is 0. The Bertz CT molecular complexity index is 729. The van der Waals surface area contributed by atoms with Crippen LogP contribution in [-0.2, 0) is 17.7 Å². The maximum Gasteiger partial charge on any atom is 0.230 e. The van der Waals surface area contributed by atoms with E-state index in [0.29, 0.717) is 0 Å². The van der Waals surface area contributed by atoms with Crippen LogP contribution >= 0.6 is 21.6 Å². The van der Waals surface area contributed by atoms with E-state index < -0.39 is 17.7 Å². The third kappa shape index (κ3) is 4.77. The molecule has 4 nitrogen and oxygen atoms in total. The van der Waals surface area contributed by atoms with Crippen LogP contribution in [0.2, 0.25) is 0 Å². The first-order valence-corrected chi connectivity index (χ1v) is 12.3. The quantitative estimate of drug-likeness (QED) is 0.547. The van der Waals surface area contributed by atoms with E-state index in [4.69, 9.17) is 0 Å². The summed E-state index contributed by atoms with van der Waals surface area (Å²) in [7, 11) is -5.36. The van der Waals surface area contributed by atoms with Crippen LogP contribution in [0.1, 0.15) is 0 Å². The highest BCUT2D eigenvalue weighted by Crippen LogP contribution is 2.27. The van der Waals surface area contributed by atoms with E-state index in [2.05, 4.69) is 0 Å². The summed E-state index contributed by atoms with van der Waals surface area (Å²) in [4.78, 5) is 0.465. The van der Waals surface area contributed by atoms with Crippen LogP contribution in [0.25, 0.3) is 0 Å². The van der Waals surface area contributed by atoms with Gasteiger partial charge in [0, 0.05) is 11.5 Å². The topological polar surface area (TPSA) is 68.3 Å².